The lowest BCUT2D eigenvalue weighted by atomic mass is 9.79. The lowest BCUT2D eigenvalue weighted by Crippen LogP contribution is -2.65. The zero-order chi connectivity index (χ0) is 29.3. The summed E-state index contributed by atoms with van der Waals surface area (Å²) in [6.45, 7) is 1.32. The lowest BCUT2D eigenvalue weighted by Gasteiger charge is -2.40. The standard InChI is InChI=1S/C28H41N4O7P/c1-19(34)30-24(17-20-9-11-21(12-10-20)18-40(38,39)16-15-33)26(36)32-28(13-5-2-6-14-28)27(37)31-23-8-4-3-7-22(23)25(29)35/h9-12,15,22-24,38-39H,2-8,13-14,16-18H2,1H3,(H4-,29,30,31,32,34,35,36,37)/p+1/t22-,23+,24-/m0/s1. The van der Waals surface area contributed by atoms with Crippen molar-refractivity contribution < 1.29 is 33.8 Å². The van der Waals surface area contributed by atoms with Crippen LogP contribution in [0, 0.1) is 5.92 Å². The van der Waals surface area contributed by atoms with E-state index in [9.17, 15) is 33.8 Å². The Hall–Kier alpha value is -2.88. The Labute approximate surface area is 235 Å². The van der Waals surface area contributed by atoms with Gasteiger partial charge >= 0.3 is 0 Å². The Kier molecular flexibility index (Phi) is 11.2. The SMILES string of the molecule is CC(=O)N[C@@H](Cc1ccc(C[P+](O)(O)CC=O)cc1)C(=O)NC1(C(=O)N[C@@H]2CCCC[C@@H]2C(N)=O)CCCCC1. The van der Waals surface area contributed by atoms with Crippen molar-refractivity contribution in [1.29, 1.82) is 0 Å². The van der Waals surface area contributed by atoms with Crippen LogP contribution in [0.25, 0.3) is 0 Å². The van der Waals surface area contributed by atoms with Gasteiger partial charge in [0.2, 0.25) is 23.6 Å². The van der Waals surface area contributed by atoms with Crippen LogP contribution in [0.2, 0.25) is 0 Å². The Balaban J connectivity index is 1.74. The largest absolute Gasteiger partial charge is 0.369 e. The van der Waals surface area contributed by atoms with Gasteiger partial charge in [-0.1, -0.05) is 56.4 Å². The Morgan fingerprint density at radius 1 is 1.02 bits per heavy atom. The summed E-state index contributed by atoms with van der Waals surface area (Å²) in [6, 6.07) is 5.53. The molecule has 0 radical (unpaired) electrons. The number of amides is 4. The molecule has 0 spiro atoms. The molecule has 220 valence electrons. The number of hydrogen-bond donors (Lipinski definition) is 6. The van der Waals surface area contributed by atoms with E-state index in [0.29, 0.717) is 37.5 Å². The number of rotatable bonds is 12. The number of nitrogens with one attached hydrogen (secondary N) is 3. The van der Waals surface area contributed by atoms with E-state index in [1.54, 1.807) is 24.3 Å². The van der Waals surface area contributed by atoms with E-state index in [2.05, 4.69) is 16.0 Å². The third kappa shape index (κ3) is 8.81. The number of hydrogen-bond acceptors (Lipinski definition) is 7. The minimum absolute atomic E-state index is 0.0309. The Morgan fingerprint density at radius 2 is 1.65 bits per heavy atom. The summed E-state index contributed by atoms with van der Waals surface area (Å²) in [4.78, 5) is 81.9. The molecular formula is C28H42N4O7P+. The Morgan fingerprint density at radius 3 is 2.25 bits per heavy atom. The summed E-state index contributed by atoms with van der Waals surface area (Å²) in [6.07, 6.45) is 6.71. The first kappa shape index (κ1) is 31.6. The molecule has 2 saturated carbocycles. The maximum atomic E-state index is 13.7. The molecule has 0 aliphatic heterocycles. The normalized spacial score (nSPS) is 21.5. The molecular weight excluding hydrogens is 535 g/mol. The monoisotopic (exact) mass is 577 g/mol. The van der Waals surface area contributed by atoms with E-state index in [-0.39, 0.29) is 30.7 Å². The molecule has 12 heteroatoms. The molecule has 2 fully saturated rings. The van der Waals surface area contributed by atoms with E-state index >= 15 is 0 Å². The quantitative estimate of drug-likeness (QED) is 0.159. The summed E-state index contributed by atoms with van der Waals surface area (Å²) in [7, 11) is -3.36. The molecule has 0 aromatic heterocycles. The molecule has 4 amide bonds. The van der Waals surface area contributed by atoms with Gasteiger partial charge in [-0.2, -0.15) is 0 Å². The smallest absolute Gasteiger partial charge is 0.279 e. The zero-order valence-electron chi connectivity index (χ0n) is 23.1. The van der Waals surface area contributed by atoms with Crippen molar-refractivity contribution in [2.24, 2.45) is 11.7 Å². The van der Waals surface area contributed by atoms with Gasteiger partial charge in [-0.15, -0.1) is 0 Å². The number of nitrogens with two attached hydrogens (primary N) is 1. The highest BCUT2D eigenvalue weighted by Crippen LogP contribution is 2.52. The molecule has 2 aliphatic rings. The van der Waals surface area contributed by atoms with Crippen LogP contribution in [-0.4, -0.2) is 63.5 Å². The van der Waals surface area contributed by atoms with Crippen molar-refractivity contribution >= 4 is 37.6 Å². The van der Waals surface area contributed by atoms with Gasteiger partial charge in [-0.05, 0) is 36.8 Å². The van der Waals surface area contributed by atoms with E-state index < -0.39 is 42.9 Å². The van der Waals surface area contributed by atoms with Crippen molar-refractivity contribution in [2.75, 3.05) is 6.16 Å². The summed E-state index contributed by atoms with van der Waals surface area (Å²) >= 11 is 0. The predicted octanol–water partition coefficient (Wildman–Crippen LogP) is 1.24. The highest BCUT2D eigenvalue weighted by Gasteiger charge is 2.44. The van der Waals surface area contributed by atoms with Crippen molar-refractivity contribution in [2.45, 2.75) is 94.9 Å². The average Bonchev–Trinajstić information content (AvgIpc) is 2.89. The van der Waals surface area contributed by atoms with E-state index in [4.69, 9.17) is 5.73 Å². The maximum Gasteiger partial charge on any atom is 0.279 e. The van der Waals surface area contributed by atoms with Crippen LogP contribution in [0.4, 0.5) is 0 Å². The molecule has 7 N–H and O–H groups in total. The summed E-state index contributed by atoms with van der Waals surface area (Å²) < 4.78 is 0. The summed E-state index contributed by atoms with van der Waals surface area (Å²) in [5, 5.41) is 8.69. The van der Waals surface area contributed by atoms with Crippen LogP contribution in [0.1, 0.15) is 75.8 Å². The van der Waals surface area contributed by atoms with Crippen LogP contribution in [0.3, 0.4) is 0 Å². The van der Waals surface area contributed by atoms with E-state index in [0.717, 1.165) is 37.7 Å². The van der Waals surface area contributed by atoms with Crippen LogP contribution in [0.5, 0.6) is 0 Å². The van der Waals surface area contributed by atoms with E-state index in [1.807, 2.05) is 0 Å². The molecule has 0 unspecified atom stereocenters. The minimum Gasteiger partial charge on any atom is -0.369 e. The summed E-state index contributed by atoms with van der Waals surface area (Å²) in [5.74, 6) is -2.06. The highest BCUT2D eigenvalue weighted by atomic mass is 31.2. The minimum atomic E-state index is -3.36. The van der Waals surface area contributed by atoms with Gasteiger partial charge in [-0.25, -0.2) is 9.79 Å². The fourth-order valence-corrected chi connectivity index (χ4v) is 6.95. The Bertz CT molecular complexity index is 1070. The number of aldehydes is 1. The van der Waals surface area contributed by atoms with Crippen LogP contribution < -0.4 is 21.7 Å². The van der Waals surface area contributed by atoms with Gasteiger partial charge in [0.25, 0.3) is 7.72 Å². The molecule has 2 aliphatic carbocycles. The zero-order valence-corrected chi connectivity index (χ0v) is 24.0. The molecule has 0 bridgehead atoms. The first-order chi connectivity index (χ1) is 18.9. The number of carbonyl (C=O) groups is 5. The van der Waals surface area contributed by atoms with E-state index in [1.165, 1.54) is 6.92 Å². The second-order valence-electron chi connectivity index (χ2n) is 11.2. The second kappa shape index (κ2) is 14.1. The molecule has 1 aromatic rings. The first-order valence-electron chi connectivity index (χ1n) is 14.0. The van der Waals surface area contributed by atoms with Gasteiger partial charge < -0.3 is 21.7 Å². The van der Waals surface area contributed by atoms with Crippen molar-refractivity contribution in [3.63, 3.8) is 0 Å². The molecule has 0 heterocycles. The third-order valence-corrected chi connectivity index (χ3v) is 9.52. The highest BCUT2D eigenvalue weighted by molar-refractivity contribution is 7.64. The van der Waals surface area contributed by atoms with Gasteiger partial charge in [0, 0.05) is 19.4 Å². The summed E-state index contributed by atoms with van der Waals surface area (Å²) in [5.41, 5.74) is 5.81. The maximum absolute atomic E-state index is 13.7. The van der Waals surface area contributed by atoms with Gasteiger partial charge in [0.15, 0.2) is 12.4 Å². The topological polar surface area (TPSA) is 188 Å². The van der Waals surface area contributed by atoms with Crippen LogP contribution in [0.15, 0.2) is 24.3 Å². The second-order valence-corrected chi connectivity index (χ2v) is 13.6. The fourth-order valence-electron chi connectivity index (χ4n) is 5.79. The average molecular weight is 578 g/mol. The first-order valence-corrected chi connectivity index (χ1v) is 16.0. The number of benzene rings is 1. The van der Waals surface area contributed by atoms with Crippen molar-refractivity contribution in [3.05, 3.63) is 35.4 Å². The number of primary amides is 1. The molecule has 3 rings (SSSR count). The predicted molar refractivity (Wildman–Crippen MR) is 151 cm³/mol. The van der Waals surface area contributed by atoms with Gasteiger partial charge in [0.05, 0.1) is 5.92 Å². The van der Waals surface area contributed by atoms with Gasteiger partial charge in [0.1, 0.15) is 17.7 Å². The molecule has 3 atom stereocenters. The number of carbonyl (C=O) groups excluding carboxylic acids is 5. The van der Waals surface area contributed by atoms with Crippen LogP contribution in [-0.2, 0) is 36.6 Å². The molecule has 11 nitrogen and oxygen atoms in total. The fraction of sp³-hybridized carbons (Fsp3) is 0.607. The lowest BCUT2D eigenvalue weighted by molar-refractivity contribution is -0.138. The van der Waals surface area contributed by atoms with Crippen molar-refractivity contribution in [3.8, 4) is 0 Å². The molecule has 40 heavy (non-hydrogen) atoms. The van der Waals surface area contributed by atoms with Crippen molar-refractivity contribution in [1.82, 2.24) is 16.0 Å². The third-order valence-electron chi connectivity index (χ3n) is 7.91. The molecule has 0 saturated heterocycles. The van der Waals surface area contributed by atoms with Crippen LogP contribution >= 0.6 is 7.72 Å². The molecule has 1 aromatic carbocycles. The van der Waals surface area contributed by atoms with Gasteiger partial charge in [-0.3, -0.25) is 24.0 Å².